The number of ether oxygens (including phenoxy) is 2. The van der Waals surface area contributed by atoms with Gasteiger partial charge in [-0.2, -0.15) is 0 Å². The lowest BCUT2D eigenvalue weighted by molar-refractivity contribution is 0.0992. The highest BCUT2D eigenvalue weighted by Gasteiger charge is 2.24. The van der Waals surface area contributed by atoms with E-state index in [0.29, 0.717) is 12.4 Å². The summed E-state index contributed by atoms with van der Waals surface area (Å²) in [7, 11) is 2.83. The van der Waals surface area contributed by atoms with Gasteiger partial charge in [-0.15, -0.1) is 0 Å². The summed E-state index contributed by atoms with van der Waals surface area (Å²) < 4.78 is 12.3. The fourth-order valence-electron chi connectivity index (χ4n) is 3.35. The summed E-state index contributed by atoms with van der Waals surface area (Å²) in [4.78, 5) is 41.6. The molecule has 34 heavy (non-hydrogen) atoms. The third-order valence-electron chi connectivity index (χ3n) is 5.08. The summed E-state index contributed by atoms with van der Waals surface area (Å²) in [5.41, 5.74) is 5.55. The van der Waals surface area contributed by atoms with E-state index in [9.17, 15) is 14.4 Å². The number of benzene rings is 2. The number of hydrogen-bond donors (Lipinski definition) is 2. The molecule has 1 heterocycles. The van der Waals surface area contributed by atoms with Gasteiger partial charge in [0.25, 0.3) is 11.5 Å². The lowest BCUT2D eigenvalue weighted by Crippen LogP contribution is -2.39. The maximum absolute atomic E-state index is 13.3. The maximum atomic E-state index is 13.3. The number of nitrogens with zero attached hydrogens (tertiary/aromatic N) is 2. The highest BCUT2D eigenvalue weighted by molar-refractivity contribution is 6.32. The van der Waals surface area contributed by atoms with Crippen molar-refractivity contribution in [3.63, 3.8) is 0 Å². The van der Waals surface area contributed by atoms with Gasteiger partial charge in [-0.3, -0.25) is 19.1 Å². The number of aromatic amines is 1. The fraction of sp³-hybridized carbons (Fsp3) is 0.292. The molecule has 3 aromatic rings. The van der Waals surface area contributed by atoms with Crippen molar-refractivity contribution in [2.75, 3.05) is 31.4 Å². The molecule has 3 N–H and O–H groups in total. The second-order valence-electron chi connectivity index (χ2n) is 8.12. The number of nitrogens with two attached hydrogens (primary N) is 1. The van der Waals surface area contributed by atoms with E-state index in [1.807, 2.05) is 44.2 Å². The van der Waals surface area contributed by atoms with E-state index in [0.717, 1.165) is 10.5 Å². The summed E-state index contributed by atoms with van der Waals surface area (Å²) >= 11 is 6.38. The van der Waals surface area contributed by atoms with E-state index in [2.05, 4.69) is 4.98 Å². The van der Waals surface area contributed by atoms with Crippen molar-refractivity contribution in [1.82, 2.24) is 9.55 Å². The number of nitrogen functional groups attached to an aromatic ring is 1. The summed E-state index contributed by atoms with van der Waals surface area (Å²) in [6.07, 6.45) is 0. The minimum Gasteiger partial charge on any atom is -0.493 e. The monoisotopic (exact) mass is 486 g/mol. The second-order valence-corrected chi connectivity index (χ2v) is 8.53. The molecule has 0 spiro atoms. The number of H-pyrrole nitrogens is 1. The van der Waals surface area contributed by atoms with Crippen LogP contribution in [0.1, 0.15) is 29.8 Å². The van der Waals surface area contributed by atoms with E-state index >= 15 is 0 Å². The lowest BCUT2D eigenvalue weighted by atomic mass is 10.1. The first-order valence-electron chi connectivity index (χ1n) is 10.6. The molecule has 180 valence electrons. The Balaban J connectivity index is 2.00. The van der Waals surface area contributed by atoms with Crippen molar-refractivity contribution in [2.24, 2.45) is 5.92 Å². The van der Waals surface area contributed by atoms with Gasteiger partial charge in [0.2, 0.25) is 0 Å². The predicted octanol–water partition coefficient (Wildman–Crippen LogP) is 3.14. The SMILES string of the molecule is COc1cc(C(=O)N(C)c2c(N)n(Cc3ccccc3)c(=O)[nH]c2=O)cc(Cl)c1OCC(C)C. The molecule has 0 radical (unpaired) electrons. The molecule has 2 aromatic carbocycles. The van der Waals surface area contributed by atoms with Gasteiger partial charge < -0.3 is 20.1 Å². The van der Waals surface area contributed by atoms with Crippen LogP contribution in [-0.2, 0) is 6.54 Å². The molecular weight excluding hydrogens is 460 g/mol. The van der Waals surface area contributed by atoms with E-state index in [1.165, 1.54) is 30.9 Å². The Labute approximate surface area is 201 Å². The van der Waals surface area contributed by atoms with Crippen molar-refractivity contribution in [3.8, 4) is 11.5 Å². The third-order valence-corrected chi connectivity index (χ3v) is 5.36. The lowest BCUT2D eigenvalue weighted by Gasteiger charge is -2.21. The van der Waals surface area contributed by atoms with Gasteiger partial charge in [0, 0.05) is 12.6 Å². The zero-order chi connectivity index (χ0) is 25.0. The first-order chi connectivity index (χ1) is 16.1. The average molecular weight is 487 g/mol. The van der Waals surface area contributed by atoms with Gasteiger partial charge in [0.1, 0.15) is 5.82 Å². The number of anilines is 2. The number of carbonyl (C=O) groups is 1. The number of methoxy groups -OCH3 is 1. The number of hydrogen-bond acceptors (Lipinski definition) is 6. The number of carbonyl (C=O) groups excluding carboxylic acids is 1. The number of halogens is 1. The molecule has 0 saturated heterocycles. The molecule has 0 unspecified atom stereocenters. The predicted molar refractivity (Wildman–Crippen MR) is 132 cm³/mol. The highest BCUT2D eigenvalue weighted by atomic mass is 35.5. The van der Waals surface area contributed by atoms with Crippen LogP contribution in [0.25, 0.3) is 0 Å². The summed E-state index contributed by atoms with van der Waals surface area (Å²) in [5, 5.41) is 0.188. The highest BCUT2D eigenvalue weighted by Crippen LogP contribution is 2.37. The summed E-state index contributed by atoms with van der Waals surface area (Å²) in [6, 6.07) is 12.0. The molecule has 1 aromatic heterocycles. The zero-order valence-corrected chi connectivity index (χ0v) is 20.2. The summed E-state index contributed by atoms with van der Waals surface area (Å²) in [6.45, 7) is 4.52. The van der Waals surface area contributed by atoms with E-state index in [-0.39, 0.29) is 40.3 Å². The van der Waals surface area contributed by atoms with Crippen molar-refractivity contribution >= 4 is 29.0 Å². The molecule has 3 rings (SSSR count). The molecule has 0 aliphatic rings. The van der Waals surface area contributed by atoms with E-state index < -0.39 is 17.2 Å². The van der Waals surface area contributed by atoms with Crippen LogP contribution in [0.5, 0.6) is 11.5 Å². The van der Waals surface area contributed by atoms with Gasteiger partial charge in [-0.25, -0.2) is 4.79 Å². The molecule has 10 heteroatoms. The van der Waals surface area contributed by atoms with Crippen LogP contribution in [0.2, 0.25) is 5.02 Å². The van der Waals surface area contributed by atoms with Crippen LogP contribution < -0.4 is 31.4 Å². The van der Waals surface area contributed by atoms with Crippen LogP contribution in [0.4, 0.5) is 11.5 Å². The minimum atomic E-state index is -0.780. The molecule has 0 fully saturated rings. The Morgan fingerprint density at radius 1 is 1.21 bits per heavy atom. The maximum Gasteiger partial charge on any atom is 0.330 e. The number of aromatic nitrogens is 2. The van der Waals surface area contributed by atoms with Gasteiger partial charge >= 0.3 is 5.69 Å². The van der Waals surface area contributed by atoms with Crippen molar-refractivity contribution in [2.45, 2.75) is 20.4 Å². The zero-order valence-electron chi connectivity index (χ0n) is 19.4. The van der Waals surface area contributed by atoms with Crippen LogP contribution >= 0.6 is 11.6 Å². The van der Waals surface area contributed by atoms with E-state index in [4.69, 9.17) is 26.8 Å². The number of amides is 1. The molecule has 1 amide bonds. The normalized spacial score (nSPS) is 10.9. The standard InChI is InChI=1S/C24H27ClN4O5/c1-14(2)13-34-20-17(25)10-16(11-18(20)33-4)23(31)28(3)19-21(26)29(24(32)27-22(19)30)12-15-8-6-5-7-9-15/h5-11,14H,12-13,26H2,1-4H3,(H,27,30,32). The van der Waals surface area contributed by atoms with Gasteiger partial charge in [-0.1, -0.05) is 55.8 Å². The molecule has 9 nitrogen and oxygen atoms in total. The minimum absolute atomic E-state index is 0.124. The molecule has 0 aliphatic heterocycles. The van der Waals surface area contributed by atoms with Crippen LogP contribution in [-0.4, -0.2) is 36.2 Å². The van der Waals surface area contributed by atoms with Gasteiger partial charge in [0.05, 0.1) is 25.3 Å². The number of rotatable bonds is 8. The van der Waals surface area contributed by atoms with Crippen LogP contribution in [0, 0.1) is 5.92 Å². The molecular formula is C24H27ClN4O5. The first kappa shape index (κ1) is 24.9. The Hall–Kier alpha value is -3.72. The smallest absolute Gasteiger partial charge is 0.330 e. The van der Waals surface area contributed by atoms with Gasteiger partial charge in [-0.05, 0) is 23.6 Å². The average Bonchev–Trinajstić information content (AvgIpc) is 2.80. The van der Waals surface area contributed by atoms with Gasteiger partial charge in [0.15, 0.2) is 17.2 Å². The van der Waals surface area contributed by atoms with Crippen LogP contribution in [0.3, 0.4) is 0 Å². The van der Waals surface area contributed by atoms with Crippen LogP contribution in [0.15, 0.2) is 52.1 Å². The first-order valence-corrected chi connectivity index (χ1v) is 11.0. The molecule has 0 atom stereocenters. The largest absolute Gasteiger partial charge is 0.493 e. The van der Waals surface area contributed by atoms with Crippen molar-refractivity contribution in [1.29, 1.82) is 0 Å². The Morgan fingerprint density at radius 3 is 2.50 bits per heavy atom. The summed E-state index contributed by atoms with van der Waals surface area (Å²) in [5.74, 6) is 0.155. The molecule has 0 bridgehead atoms. The molecule has 0 aliphatic carbocycles. The Kier molecular flexibility index (Phi) is 7.68. The number of nitrogens with one attached hydrogen (secondary N) is 1. The van der Waals surface area contributed by atoms with Crippen molar-refractivity contribution < 1.29 is 14.3 Å². The third kappa shape index (κ3) is 5.26. The van der Waals surface area contributed by atoms with Crippen molar-refractivity contribution in [3.05, 3.63) is 79.5 Å². The fourth-order valence-corrected chi connectivity index (χ4v) is 3.62. The Bertz CT molecular complexity index is 1300. The molecule has 0 saturated carbocycles. The van der Waals surface area contributed by atoms with E-state index in [1.54, 1.807) is 0 Å². The second kappa shape index (κ2) is 10.5. The quantitative estimate of drug-likeness (QED) is 0.504. The Morgan fingerprint density at radius 2 is 1.88 bits per heavy atom. The topological polar surface area (TPSA) is 120 Å².